The molecule has 130 valence electrons. The van der Waals surface area contributed by atoms with Crippen LogP contribution in [0.4, 0.5) is 8.78 Å². The van der Waals surface area contributed by atoms with E-state index < -0.39 is 17.7 Å². The van der Waals surface area contributed by atoms with E-state index in [2.05, 4.69) is 10.6 Å². The Hall–Kier alpha value is -0.850. The van der Waals surface area contributed by atoms with Gasteiger partial charge in [0.15, 0.2) is 0 Å². The predicted molar refractivity (Wildman–Crippen MR) is 93.1 cm³/mol. The minimum Gasteiger partial charge on any atom is -0.349 e. The first kappa shape index (κ1) is 20.2. The van der Waals surface area contributed by atoms with Gasteiger partial charge in [0.25, 0.3) is 0 Å². The second kappa shape index (κ2) is 10.1. The number of halogens is 3. The first-order chi connectivity index (χ1) is 10.6. The van der Waals surface area contributed by atoms with Gasteiger partial charge >= 0.3 is 0 Å². The van der Waals surface area contributed by atoms with Gasteiger partial charge in [0.1, 0.15) is 11.6 Å². The molecule has 1 saturated heterocycles. The Morgan fingerprint density at radius 1 is 1.48 bits per heavy atom. The maximum absolute atomic E-state index is 13.9. The zero-order valence-corrected chi connectivity index (χ0v) is 14.7. The number of carbonyl (C=O) groups excluding carboxylic acids is 1. The van der Waals surface area contributed by atoms with E-state index in [4.69, 9.17) is 0 Å². The Bertz CT molecular complexity index is 513. The molecule has 1 aromatic rings. The van der Waals surface area contributed by atoms with Gasteiger partial charge < -0.3 is 10.6 Å². The number of hydrogen-bond donors (Lipinski definition) is 2. The molecule has 0 aromatic heterocycles. The summed E-state index contributed by atoms with van der Waals surface area (Å²) in [4.78, 5) is 12.2. The van der Waals surface area contributed by atoms with Crippen LogP contribution in [0.5, 0.6) is 0 Å². The SMILES string of the molecule is CCCC(NC(=O)CC1CSCCN1)c1ccc(F)cc1F.Cl. The van der Waals surface area contributed by atoms with Gasteiger partial charge in [-0.1, -0.05) is 19.4 Å². The largest absolute Gasteiger partial charge is 0.349 e. The number of nitrogens with one attached hydrogen (secondary N) is 2. The second-order valence-corrected chi connectivity index (χ2v) is 6.65. The first-order valence-corrected chi connectivity index (χ1v) is 8.81. The molecule has 1 heterocycles. The fourth-order valence-electron chi connectivity index (χ4n) is 2.61. The van der Waals surface area contributed by atoms with E-state index in [1.165, 1.54) is 12.1 Å². The predicted octanol–water partition coefficient (Wildman–Crippen LogP) is 3.44. The van der Waals surface area contributed by atoms with Crippen LogP contribution in [0.25, 0.3) is 0 Å². The van der Waals surface area contributed by atoms with Gasteiger partial charge in [0.2, 0.25) is 5.91 Å². The average Bonchev–Trinajstić information content (AvgIpc) is 2.48. The van der Waals surface area contributed by atoms with E-state index in [1.54, 1.807) is 0 Å². The summed E-state index contributed by atoms with van der Waals surface area (Å²) in [5.41, 5.74) is 0.350. The molecule has 3 nitrogen and oxygen atoms in total. The van der Waals surface area contributed by atoms with E-state index in [1.807, 2.05) is 18.7 Å². The lowest BCUT2D eigenvalue weighted by Gasteiger charge is -2.24. The van der Waals surface area contributed by atoms with E-state index in [0.717, 1.165) is 30.5 Å². The fourth-order valence-corrected chi connectivity index (χ4v) is 3.56. The van der Waals surface area contributed by atoms with Crippen LogP contribution in [0, 0.1) is 11.6 Å². The van der Waals surface area contributed by atoms with Crippen LogP contribution in [0.2, 0.25) is 0 Å². The molecule has 0 aliphatic carbocycles. The Labute approximate surface area is 146 Å². The summed E-state index contributed by atoms with van der Waals surface area (Å²) in [5, 5.41) is 6.20. The van der Waals surface area contributed by atoms with E-state index in [-0.39, 0.29) is 24.4 Å². The van der Waals surface area contributed by atoms with Crippen molar-refractivity contribution >= 4 is 30.1 Å². The Morgan fingerprint density at radius 3 is 2.87 bits per heavy atom. The highest BCUT2D eigenvalue weighted by atomic mass is 35.5. The van der Waals surface area contributed by atoms with Crippen LogP contribution in [-0.2, 0) is 4.79 Å². The standard InChI is InChI=1S/C16H22F2N2OS.ClH/c1-2-3-15(13-5-4-11(17)8-14(13)18)20-16(21)9-12-10-22-7-6-19-12;/h4-5,8,12,15,19H,2-3,6-7,9-10H2,1H3,(H,20,21);1H. The topological polar surface area (TPSA) is 41.1 Å². The highest BCUT2D eigenvalue weighted by Gasteiger charge is 2.21. The summed E-state index contributed by atoms with van der Waals surface area (Å²) in [6, 6.07) is 3.27. The first-order valence-electron chi connectivity index (χ1n) is 7.65. The molecule has 0 bridgehead atoms. The highest BCUT2D eigenvalue weighted by Crippen LogP contribution is 2.23. The van der Waals surface area contributed by atoms with Gasteiger partial charge in [-0.3, -0.25) is 4.79 Å². The molecule has 1 aliphatic heterocycles. The van der Waals surface area contributed by atoms with Crippen LogP contribution in [0.1, 0.15) is 37.8 Å². The quantitative estimate of drug-likeness (QED) is 0.812. The summed E-state index contributed by atoms with van der Waals surface area (Å²) in [7, 11) is 0. The third-order valence-electron chi connectivity index (χ3n) is 3.68. The molecule has 2 atom stereocenters. The van der Waals surface area contributed by atoms with Crippen molar-refractivity contribution in [3.05, 3.63) is 35.4 Å². The van der Waals surface area contributed by atoms with Crippen molar-refractivity contribution in [2.24, 2.45) is 0 Å². The third-order valence-corrected chi connectivity index (χ3v) is 4.81. The molecule has 23 heavy (non-hydrogen) atoms. The lowest BCUT2D eigenvalue weighted by Crippen LogP contribution is -2.42. The van der Waals surface area contributed by atoms with Crippen LogP contribution in [0.15, 0.2) is 18.2 Å². The van der Waals surface area contributed by atoms with Gasteiger partial charge in [-0.25, -0.2) is 8.78 Å². The highest BCUT2D eigenvalue weighted by molar-refractivity contribution is 7.99. The maximum atomic E-state index is 13.9. The number of amides is 1. The van der Waals surface area contributed by atoms with Gasteiger partial charge in [-0.2, -0.15) is 11.8 Å². The van der Waals surface area contributed by atoms with Crippen molar-refractivity contribution in [3.8, 4) is 0 Å². The molecule has 1 aromatic carbocycles. The molecule has 1 fully saturated rings. The number of thioether (sulfide) groups is 1. The Balaban J connectivity index is 0.00000264. The molecular formula is C16H23ClF2N2OS. The molecular weight excluding hydrogens is 342 g/mol. The summed E-state index contributed by atoms with van der Waals surface area (Å²) >= 11 is 1.83. The van der Waals surface area contributed by atoms with Crippen LogP contribution in [0.3, 0.4) is 0 Å². The fraction of sp³-hybridized carbons (Fsp3) is 0.562. The molecule has 0 saturated carbocycles. The number of hydrogen-bond acceptors (Lipinski definition) is 3. The molecule has 2 rings (SSSR count). The van der Waals surface area contributed by atoms with Crippen molar-refractivity contribution in [1.82, 2.24) is 10.6 Å². The van der Waals surface area contributed by atoms with E-state index in [0.29, 0.717) is 18.4 Å². The maximum Gasteiger partial charge on any atom is 0.222 e. The van der Waals surface area contributed by atoms with Crippen molar-refractivity contribution < 1.29 is 13.6 Å². The number of rotatable bonds is 6. The monoisotopic (exact) mass is 364 g/mol. The Kier molecular flexibility index (Phi) is 8.87. The van der Waals surface area contributed by atoms with Gasteiger partial charge in [0, 0.05) is 42.1 Å². The van der Waals surface area contributed by atoms with Crippen LogP contribution < -0.4 is 10.6 Å². The summed E-state index contributed by atoms with van der Waals surface area (Å²) in [5.74, 6) is 0.673. The minimum absolute atomic E-state index is 0. The molecule has 1 aliphatic rings. The van der Waals surface area contributed by atoms with E-state index in [9.17, 15) is 13.6 Å². The second-order valence-electron chi connectivity index (χ2n) is 5.50. The average molecular weight is 365 g/mol. The van der Waals surface area contributed by atoms with Crippen LogP contribution in [-0.4, -0.2) is 30.0 Å². The van der Waals surface area contributed by atoms with Gasteiger partial charge in [-0.05, 0) is 12.5 Å². The lowest BCUT2D eigenvalue weighted by molar-refractivity contribution is -0.122. The molecule has 0 spiro atoms. The molecule has 2 unspecified atom stereocenters. The number of carbonyl (C=O) groups is 1. The third kappa shape index (κ3) is 6.28. The Morgan fingerprint density at radius 2 is 2.26 bits per heavy atom. The lowest BCUT2D eigenvalue weighted by atomic mass is 10.0. The van der Waals surface area contributed by atoms with E-state index >= 15 is 0 Å². The van der Waals surface area contributed by atoms with Gasteiger partial charge in [0.05, 0.1) is 6.04 Å². The number of benzene rings is 1. The van der Waals surface area contributed by atoms with Gasteiger partial charge in [-0.15, -0.1) is 12.4 Å². The summed E-state index contributed by atoms with van der Waals surface area (Å²) in [6.07, 6.45) is 1.82. The zero-order valence-electron chi connectivity index (χ0n) is 13.1. The normalized spacial score (nSPS) is 18.8. The van der Waals surface area contributed by atoms with Crippen molar-refractivity contribution in [1.29, 1.82) is 0 Å². The van der Waals surface area contributed by atoms with Crippen molar-refractivity contribution in [2.45, 2.75) is 38.3 Å². The van der Waals surface area contributed by atoms with Crippen molar-refractivity contribution in [2.75, 3.05) is 18.1 Å². The molecule has 7 heteroatoms. The summed E-state index contributed by atoms with van der Waals surface area (Å²) in [6.45, 7) is 2.88. The zero-order chi connectivity index (χ0) is 15.9. The molecule has 1 amide bonds. The molecule has 0 radical (unpaired) electrons. The summed E-state index contributed by atoms with van der Waals surface area (Å²) < 4.78 is 27.0. The van der Waals surface area contributed by atoms with Crippen molar-refractivity contribution in [3.63, 3.8) is 0 Å². The molecule has 2 N–H and O–H groups in total. The smallest absolute Gasteiger partial charge is 0.222 e. The minimum atomic E-state index is -0.606. The van der Waals surface area contributed by atoms with Crippen LogP contribution >= 0.6 is 24.2 Å².